The van der Waals surface area contributed by atoms with E-state index in [1.54, 1.807) is 0 Å². The normalized spacial score (nSPS) is 17.8. The van der Waals surface area contributed by atoms with Gasteiger partial charge in [-0.2, -0.15) is 0 Å². The third-order valence-electron chi connectivity index (χ3n) is 4.35. The van der Waals surface area contributed by atoms with Crippen LogP contribution in [0, 0.1) is 13.8 Å². The smallest absolute Gasteiger partial charge is 0.123 e. The van der Waals surface area contributed by atoms with Crippen molar-refractivity contribution < 1.29 is 0 Å². The molecule has 0 fully saturated rings. The maximum absolute atomic E-state index is 4.98. The Labute approximate surface area is 131 Å². The number of hydrogen-bond acceptors (Lipinski definition) is 3. The fourth-order valence-electron chi connectivity index (χ4n) is 2.93. The Kier molecular flexibility index (Phi) is 4.41. The Morgan fingerprint density at radius 3 is 2.90 bits per heavy atom. The van der Waals surface area contributed by atoms with Crippen LogP contribution in [0.3, 0.4) is 0 Å². The van der Waals surface area contributed by atoms with Crippen LogP contribution < -0.4 is 5.32 Å². The van der Waals surface area contributed by atoms with Crippen molar-refractivity contribution in [2.24, 2.45) is 0 Å². The Bertz CT molecular complexity index is 630. The number of fused-ring (bicyclic) bond motifs is 1. The van der Waals surface area contributed by atoms with E-state index in [0.29, 0.717) is 6.04 Å². The highest BCUT2D eigenvalue weighted by molar-refractivity contribution is 7.15. The maximum atomic E-state index is 4.98. The van der Waals surface area contributed by atoms with Gasteiger partial charge < -0.3 is 5.32 Å². The van der Waals surface area contributed by atoms with Gasteiger partial charge in [0.2, 0.25) is 0 Å². The van der Waals surface area contributed by atoms with Crippen LogP contribution in [0.2, 0.25) is 0 Å². The van der Waals surface area contributed by atoms with Crippen molar-refractivity contribution in [2.75, 3.05) is 6.54 Å². The van der Waals surface area contributed by atoms with Crippen molar-refractivity contribution in [3.63, 3.8) is 0 Å². The molecule has 1 N–H and O–H groups in total. The highest BCUT2D eigenvalue weighted by atomic mass is 32.1. The summed E-state index contributed by atoms with van der Waals surface area (Å²) in [6.45, 7) is 7.65. The Hall–Kier alpha value is -1.19. The van der Waals surface area contributed by atoms with Gasteiger partial charge in [-0.1, -0.05) is 19.1 Å². The van der Waals surface area contributed by atoms with Gasteiger partial charge in [-0.15, -0.1) is 11.3 Å². The molecule has 1 atom stereocenters. The van der Waals surface area contributed by atoms with Crippen LogP contribution in [0.5, 0.6) is 0 Å². The molecule has 0 saturated carbocycles. The van der Waals surface area contributed by atoms with Gasteiger partial charge in [-0.25, -0.2) is 4.98 Å². The number of aromatic nitrogens is 1. The number of rotatable bonds is 4. The van der Waals surface area contributed by atoms with Crippen LogP contribution in [-0.2, 0) is 6.42 Å². The van der Waals surface area contributed by atoms with Gasteiger partial charge in [0.15, 0.2) is 0 Å². The van der Waals surface area contributed by atoms with Crippen LogP contribution in [0.1, 0.15) is 53.9 Å². The number of hydrogen-bond donors (Lipinski definition) is 1. The molecule has 0 aliphatic heterocycles. The molecule has 0 spiro atoms. The van der Waals surface area contributed by atoms with Crippen molar-refractivity contribution in [1.82, 2.24) is 10.3 Å². The molecule has 1 unspecified atom stereocenters. The van der Waals surface area contributed by atoms with E-state index in [0.717, 1.165) is 6.54 Å². The molecule has 0 amide bonds. The van der Waals surface area contributed by atoms with Gasteiger partial charge in [0.05, 0.1) is 11.7 Å². The molecular weight excluding hydrogens is 276 g/mol. The van der Waals surface area contributed by atoms with E-state index in [1.807, 2.05) is 11.3 Å². The molecule has 1 aliphatic rings. The zero-order valence-corrected chi connectivity index (χ0v) is 14.0. The van der Waals surface area contributed by atoms with Gasteiger partial charge in [0, 0.05) is 10.4 Å². The first-order valence-electron chi connectivity index (χ1n) is 7.99. The van der Waals surface area contributed by atoms with Crippen LogP contribution in [0.4, 0.5) is 0 Å². The first kappa shape index (κ1) is 14.7. The monoisotopic (exact) mass is 300 g/mol. The predicted molar refractivity (Wildman–Crippen MR) is 91.0 cm³/mol. The third kappa shape index (κ3) is 3.04. The van der Waals surface area contributed by atoms with E-state index in [1.165, 1.54) is 58.0 Å². The van der Waals surface area contributed by atoms with Crippen LogP contribution >= 0.6 is 11.3 Å². The summed E-state index contributed by atoms with van der Waals surface area (Å²) >= 11 is 1.89. The van der Waals surface area contributed by atoms with Crippen molar-refractivity contribution >= 4 is 11.3 Å². The number of thiazole rings is 1. The fraction of sp³-hybridized carbons (Fsp3) is 0.500. The Balaban J connectivity index is 1.91. The van der Waals surface area contributed by atoms with Gasteiger partial charge in [0.1, 0.15) is 5.01 Å². The second kappa shape index (κ2) is 6.29. The van der Waals surface area contributed by atoms with Crippen molar-refractivity contribution in [3.05, 3.63) is 39.9 Å². The molecule has 1 aliphatic carbocycles. The number of nitrogens with one attached hydrogen (secondary N) is 1. The van der Waals surface area contributed by atoms with E-state index < -0.39 is 0 Å². The molecule has 112 valence electrons. The maximum Gasteiger partial charge on any atom is 0.123 e. The van der Waals surface area contributed by atoms with Crippen LogP contribution in [0.15, 0.2) is 18.2 Å². The molecule has 3 heteroatoms. The third-order valence-corrected chi connectivity index (χ3v) is 5.53. The minimum absolute atomic E-state index is 0.463. The molecule has 1 heterocycles. The molecule has 1 aromatic carbocycles. The van der Waals surface area contributed by atoms with E-state index >= 15 is 0 Å². The highest BCUT2D eigenvalue weighted by Gasteiger charge is 2.24. The molecule has 2 aromatic rings. The first-order valence-corrected chi connectivity index (χ1v) is 8.81. The zero-order chi connectivity index (χ0) is 14.8. The van der Waals surface area contributed by atoms with Crippen LogP contribution in [0.25, 0.3) is 10.6 Å². The van der Waals surface area contributed by atoms with Gasteiger partial charge in [-0.05, 0) is 63.3 Å². The van der Waals surface area contributed by atoms with E-state index in [9.17, 15) is 0 Å². The topological polar surface area (TPSA) is 24.9 Å². The Morgan fingerprint density at radius 1 is 1.29 bits per heavy atom. The number of nitrogens with zero attached hydrogens (tertiary/aromatic N) is 1. The number of benzene rings is 1. The molecule has 0 radical (unpaired) electrons. The SMILES string of the molecule is CCCNC1CCCc2sc(-c3ccc(C)c(C)c3)nc21. The molecule has 3 rings (SSSR count). The van der Waals surface area contributed by atoms with Gasteiger partial charge >= 0.3 is 0 Å². The van der Waals surface area contributed by atoms with Crippen molar-refractivity contribution in [2.45, 2.75) is 52.5 Å². The Morgan fingerprint density at radius 2 is 2.14 bits per heavy atom. The number of aryl methyl sites for hydroxylation is 3. The summed E-state index contributed by atoms with van der Waals surface area (Å²) in [4.78, 5) is 6.47. The average molecular weight is 300 g/mol. The molecule has 0 saturated heterocycles. The van der Waals surface area contributed by atoms with E-state index in [4.69, 9.17) is 4.98 Å². The molecule has 0 bridgehead atoms. The summed E-state index contributed by atoms with van der Waals surface area (Å²) in [6.07, 6.45) is 4.88. The molecule has 1 aromatic heterocycles. The molecule has 2 nitrogen and oxygen atoms in total. The van der Waals surface area contributed by atoms with E-state index in [-0.39, 0.29) is 0 Å². The summed E-state index contributed by atoms with van der Waals surface area (Å²) in [5.74, 6) is 0. The van der Waals surface area contributed by atoms with E-state index in [2.05, 4.69) is 44.3 Å². The second-order valence-corrected chi connectivity index (χ2v) is 7.11. The second-order valence-electron chi connectivity index (χ2n) is 6.03. The first-order chi connectivity index (χ1) is 10.2. The molecular formula is C18H24N2S. The lowest BCUT2D eigenvalue weighted by molar-refractivity contribution is 0.454. The quantitative estimate of drug-likeness (QED) is 0.877. The summed E-state index contributed by atoms with van der Waals surface area (Å²) < 4.78 is 0. The summed E-state index contributed by atoms with van der Waals surface area (Å²) in [6, 6.07) is 7.15. The van der Waals surface area contributed by atoms with Crippen LogP contribution in [-0.4, -0.2) is 11.5 Å². The van der Waals surface area contributed by atoms with Gasteiger partial charge in [-0.3, -0.25) is 0 Å². The summed E-state index contributed by atoms with van der Waals surface area (Å²) in [7, 11) is 0. The fourth-order valence-corrected chi connectivity index (χ4v) is 4.09. The minimum Gasteiger partial charge on any atom is -0.309 e. The van der Waals surface area contributed by atoms with Gasteiger partial charge in [0.25, 0.3) is 0 Å². The summed E-state index contributed by atoms with van der Waals surface area (Å²) in [5.41, 5.74) is 5.28. The lowest BCUT2D eigenvalue weighted by Gasteiger charge is -2.22. The average Bonchev–Trinajstić information content (AvgIpc) is 2.92. The summed E-state index contributed by atoms with van der Waals surface area (Å²) in [5, 5.41) is 4.85. The minimum atomic E-state index is 0.463. The zero-order valence-electron chi connectivity index (χ0n) is 13.2. The largest absolute Gasteiger partial charge is 0.309 e. The molecule has 21 heavy (non-hydrogen) atoms. The lowest BCUT2D eigenvalue weighted by atomic mass is 9.97. The van der Waals surface area contributed by atoms with Crippen molar-refractivity contribution in [3.8, 4) is 10.6 Å². The lowest BCUT2D eigenvalue weighted by Crippen LogP contribution is -2.25. The predicted octanol–water partition coefficient (Wildman–Crippen LogP) is 4.80. The standard InChI is InChI=1S/C18H24N2S/c1-4-10-19-15-6-5-7-16-17(15)20-18(21-16)14-9-8-12(2)13(3)11-14/h8-9,11,15,19H,4-7,10H2,1-3H3. The van der Waals surface area contributed by atoms with Crippen molar-refractivity contribution in [1.29, 1.82) is 0 Å². The highest BCUT2D eigenvalue weighted by Crippen LogP contribution is 2.37.